The number of hydrogen-bond acceptors (Lipinski definition) is 4. The third kappa shape index (κ3) is 6.90. The van der Waals surface area contributed by atoms with Gasteiger partial charge in [-0.15, -0.1) is 0 Å². The first-order valence-electron chi connectivity index (χ1n) is 8.97. The molecule has 1 atom stereocenters. The molecular formula is C21H22F3NO4. The zero-order chi connectivity index (χ0) is 21.4. The minimum Gasteiger partial charge on any atom is -0.479 e. The molecule has 0 aliphatic heterocycles. The first-order valence-corrected chi connectivity index (χ1v) is 8.97. The number of carboxylic acids is 1. The van der Waals surface area contributed by atoms with Gasteiger partial charge in [0.2, 0.25) is 0 Å². The second kappa shape index (κ2) is 10.1. The number of rotatable bonds is 9. The van der Waals surface area contributed by atoms with Gasteiger partial charge < -0.3 is 14.7 Å². The van der Waals surface area contributed by atoms with Gasteiger partial charge in [-0.05, 0) is 48.7 Å². The van der Waals surface area contributed by atoms with Crippen molar-refractivity contribution in [2.24, 2.45) is 5.16 Å². The second-order valence-corrected chi connectivity index (χ2v) is 6.33. The first-order chi connectivity index (χ1) is 13.7. The highest BCUT2D eigenvalue weighted by Crippen LogP contribution is 2.29. The molecule has 0 unspecified atom stereocenters. The maximum absolute atomic E-state index is 12.6. The van der Waals surface area contributed by atoms with Crippen molar-refractivity contribution in [2.45, 2.75) is 39.2 Å². The van der Waals surface area contributed by atoms with Crippen molar-refractivity contribution in [3.63, 3.8) is 0 Å². The van der Waals surface area contributed by atoms with Crippen molar-refractivity contribution in [3.05, 3.63) is 70.8 Å². The maximum Gasteiger partial charge on any atom is 0.416 e. The van der Waals surface area contributed by atoms with Crippen LogP contribution in [-0.2, 0) is 33.6 Å². The van der Waals surface area contributed by atoms with Crippen molar-refractivity contribution < 1.29 is 32.6 Å². The van der Waals surface area contributed by atoms with E-state index < -0.39 is 23.8 Å². The maximum atomic E-state index is 12.6. The molecule has 0 fully saturated rings. The number of carbonyl (C=O) groups is 1. The Labute approximate surface area is 166 Å². The van der Waals surface area contributed by atoms with Crippen LogP contribution in [0.4, 0.5) is 13.2 Å². The largest absolute Gasteiger partial charge is 0.479 e. The van der Waals surface area contributed by atoms with Gasteiger partial charge in [0.15, 0.2) is 6.10 Å². The van der Waals surface area contributed by atoms with Crippen molar-refractivity contribution in [2.75, 3.05) is 6.61 Å². The zero-order valence-corrected chi connectivity index (χ0v) is 16.1. The minimum atomic E-state index is -4.37. The van der Waals surface area contributed by atoms with Crippen LogP contribution in [0.15, 0.2) is 53.7 Å². The van der Waals surface area contributed by atoms with Gasteiger partial charge in [-0.25, -0.2) is 4.79 Å². The Kier molecular flexibility index (Phi) is 7.78. The number of oxime groups is 1. The molecule has 29 heavy (non-hydrogen) atoms. The van der Waals surface area contributed by atoms with E-state index >= 15 is 0 Å². The molecule has 2 aromatic rings. The normalized spacial score (nSPS) is 13.2. The summed E-state index contributed by atoms with van der Waals surface area (Å²) in [5.41, 5.74) is 1.92. The number of benzene rings is 2. The molecule has 5 nitrogen and oxygen atoms in total. The fourth-order valence-corrected chi connectivity index (χ4v) is 2.60. The summed E-state index contributed by atoms with van der Waals surface area (Å²) < 4.78 is 42.9. The average Bonchev–Trinajstić information content (AvgIpc) is 2.67. The van der Waals surface area contributed by atoms with Gasteiger partial charge in [0, 0.05) is 13.0 Å². The molecule has 0 saturated carbocycles. The van der Waals surface area contributed by atoms with Crippen LogP contribution in [0, 0.1) is 0 Å². The zero-order valence-electron chi connectivity index (χ0n) is 16.1. The number of carboxylic acid groups (broad SMARTS) is 1. The number of nitrogens with zero attached hydrogens (tertiary/aromatic N) is 1. The van der Waals surface area contributed by atoms with Gasteiger partial charge >= 0.3 is 12.1 Å². The van der Waals surface area contributed by atoms with Crippen LogP contribution in [0.5, 0.6) is 0 Å². The third-order valence-corrected chi connectivity index (χ3v) is 4.12. The summed E-state index contributed by atoms with van der Waals surface area (Å²) in [4.78, 5) is 16.5. The molecule has 8 heteroatoms. The van der Waals surface area contributed by atoms with E-state index in [1.807, 2.05) is 0 Å². The Bertz CT molecular complexity index is 848. The standard InChI is InChI=1S/C21H22F3NO4/c1-3-28-19(20(26)27)12-16-5-4-6-17(11-16)14(2)25-29-13-15-7-9-18(10-8-15)21(22,23)24/h4-11,19H,3,12-13H2,1-2H3,(H,26,27)/b25-14+/t19-/m1/s1. The minimum absolute atomic E-state index is 0.0284. The Morgan fingerprint density at radius 1 is 1.14 bits per heavy atom. The molecule has 0 amide bonds. The predicted octanol–water partition coefficient (Wildman–Crippen LogP) is 4.68. The number of alkyl halides is 3. The Hall–Kier alpha value is -2.87. The lowest BCUT2D eigenvalue weighted by Gasteiger charge is -2.13. The van der Waals surface area contributed by atoms with E-state index in [0.717, 1.165) is 23.3 Å². The highest BCUT2D eigenvalue weighted by atomic mass is 19.4. The number of halogens is 3. The van der Waals surface area contributed by atoms with Gasteiger partial charge in [0.05, 0.1) is 11.3 Å². The van der Waals surface area contributed by atoms with E-state index in [1.54, 1.807) is 38.1 Å². The number of ether oxygens (including phenoxy) is 1. The average molecular weight is 409 g/mol. The van der Waals surface area contributed by atoms with Crippen LogP contribution in [0.2, 0.25) is 0 Å². The van der Waals surface area contributed by atoms with Crippen LogP contribution >= 0.6 is 0 Å². The second-order valence-electron chi connectivity index (χ2n) is 6.33. The highest BCUT2D eigenvalue weighted by molar-refractivity contribution is 5.98. The summed E-state index contributed by atoms with van der Waals surface area (Å²) >= 11 is 0. The summed E-state index contributed by atoms with van der Waals surface area (Å²) in [6, 6.07) is 11.9. The molecule has 0 heterocycles. The molecule has 2 aromatic carbocycles. The smallest absolute Gasteiger partial charge is 0.416 e. The van der Waals surface area contributed by atoms with Gasteiger partial charge in [-0.3, -0.25) is 0 Å². The lowest BCUT2D eigenvalue weighted by Crippen LogP contribution is -2.26. The van der Waals surface area contributed by atoms with E-state index in [2.05, 4.69) is 5.16 Å². The molecule has 156 valence electrons. The lowest BCUT2D eigenvalue weighted by molar-refractivity contribution is -0.150. The van der Waals surface area contributed by atoms with E-state index in [1.165, 1.54) is 12.1 Å². The summed E-state index contributed by atoms with van der Waals surface area (Å²) in [7, 11) is 0. The summed E-state index contributed by atoms with van der Waals surface area (Å²) in [5, 5.41) is 13.2. The summed E-state index contributed by atoms with van der Waals surface area (Å²) in [6.45, 7) is 3.79. The molecule has 0 spiro atoms. The molecule has 0 bridgehead atoms. The highest BCUT2D eigenvalue weighted by Gasteiger charge is 2.29. The van der Waals surface area contributed by atoms with Crippen molar-refractivity contribution in [1.29, 1.82) is 0 Å². The molecule has 2 rings (SSSR count). The first kappa shape index (κ1) is 22.4. The Morgan fingerprint density at radius 2 is 1.83 bits per heavy atom. The van der Waals surface area contributed by atoms with E-state index in [-0.39, 0.29) is 13.0 Å². The third-order valence-electron chi connectivity index (χ3n) is 4.12. The quantitative estimate of drug-likeness (QED) is 0.482. The Morgan fingerprint density at radius 3 is 2.41 bits per heavy atom. The fourth-order valence-electron chi connectivity index (χ4n) is 2.60. The van der Waals surface area contributed by atoms with Gasteiger partial charge in [0.1, 0.15) is 6.61 Å². The summed E-state index contributed by atoms with van der Waals surface area (Å²) in [6.07, 6.45) is -5.08. The van der Waals surface area contributed by atoms with Gasteiger partial charge in [-0.2, -0.15) is 13.2 Å². The van der Waals surface area contributed by atoms with Gasteiger partial charge in [0.25, 0.3) is 0 Å². The predicted molar refractivity (Wildman–Crippen MR) is 102 cm³/mol. The molecule has 0 aromatic heterocycles. The van der Waals surface area contributed by atoms with E-state index in [4.69, 9.17) is 9.57 Å². The number of hydrogen-bond donors (Lipinski definition) is 1. The van der Waals surface area contributed by atoms with Crippen LogP contribution in [0.1, 0.15) is 36.1 Å². The van der Waals surface area contributed by atoms with Gasteiger partial charge in [-0.1, -0.05) is 35.5 Å². The topological polar surface area (TPSA) is 68.1 Å². The molecule has 0 aliphatic rings. The monoisotopic (exact) mass is 409 g/mol. The molecule has 1 N–H and O–H groups in total. The van der Waals surface area contributed by atoms with Crippen LogP contribution in [0.3, 0.4) is 0 Å². The van der Waals surface area contributed by atoms with Crippen LogP contribution in [0.25, 0.3) is 0 Å². The Balaban J connectivity index is 2.00. The lowest BCUT2D eigenvalue weighted by atomic mass is 10.0. The van der Waals surface area contributed by atoms with Crippen LogP contribution < -0.4 is 0 Å². The van der Waals surface area contributed by atoms with Crippen LogP contribution in [-0.4, -0.2) is 29.5 Å². The van der Waals surface area contributed by atoms with E-state index in [9.17, 15) is 23.1 Å². The van der Waals surface area contributed by atoms with E-state index in [0.29, 0.717) is 17.9 Å². The number of aliphatic carboxylic acids is 1. The molecule has 0 aliphatic carbocycles. The van der Waals surface area contributed by atoms with Crippen molar-refractivity contribution in [1.82, 2.24) is 0 Å². The molecule has 0 saturated heterocycles. The molecular weight excluding hydrogens is 387 g/mol. The van der Waals surface area contributed by atoms with Crippen molar-refractivity contribution >= 4 is 11.7 Å². The summed E-state index contributed by atoms with van der Waals surface area (Å²) in [5.74, 6) is -1.03. The molecule has 0 radical (unpaired) electrons. The van der Waals surface area contributed by atoms with Crippen molar-refractivity contribution in [3.8, 4) is 0 Å². The fraction of sp³-hybridized carbons (Fsp3) is 0.333. The SMILES string of the molecule is CCO[C@H](Cc1cccc(/C(C)=N/OCc2ccc(C(F)(F)F)cc2)c1)C(=O)O.